The third-order valence-electron chi connectivity index (χ3n) is 4.30. The van der Waals surface area contributed by atoms with Crippen molar-refractivity contribution in [2.45, 2.75) is 6.92 Å². The Kier molecular flexibility index (Phi) is 9.02. The van der Waals surface area contributed by atoms with Crippen molar-refractivity contribution in [2.24, 2.45) is 0 Å². The maximum absolute atomic E-state index is 12.4. The highest BCUT2D eigenvalue weighted by Gasteiger charge is 2.11. The zero-order valence-corrected chi connectivity index (χ0v) is 21.9. The highest BCUT2D eigenvalue weighted by atomic mass is 79.9. The van der Waals surface area contributed by atoms with Crippen molar-refractivity contribution in [1.29, 1.82) is 0 Å². The zero-order valence-electron chi connectivity index (χ0n) is 17.3. The molecule has 10 heteroatoms. The topological polar surface area (TPSA) is 76.7 Å². The second-order valence-corrected chi connectivity index (χ2v) is 9.43. The van der Waals surface area contributed by atoms with Crippen molar-refractivity contribution < 1.29 is 19.1 Å². The number of carbonyl (C=O) groups excluding carboxylic acids is 2. The van der Waals surface area contributed by atoms with Gasteiger partial charge in [0.25, 0.3) is 11.8 Å². The smallest absolute Gasteiger partial charge is 0.262 e. The van der Waals surface area contributed by atoms with Crippen molar-refractivity contribution >= 4 is 78.3 Å². The maximum atomic E-state index is 12.4. The number of carbonyl (C=O) groups is 2. The first kappa shape index (κ1) is 25.4. The Labute approximate surface area is 217 Å². The first-order valence-electron chi connectivity index (χ1n) is 9.57. The summed E-state index contributed by atoms with van der Waals surface area (Å²) >= 11 is 18.5. The molecule has 3 aromatic rings. The molecule has 0 bridgehead atoms. The van der Waals surface area contributed by atoms with Gasteiger partial charge < -0.3 is 20.1 Å². The summed E-state index contributed by atoms with van der Waals surface area (Å²) in [6.07, 6.45) is 0. The number of anilines is 2. The van der Waals surface area contributed by atoms with Crippen LogP contribution in [-0.2, 0) is 9.59 Å². The van der Waals surface area contributed by atoms with E-state index >= 15 is 0 Å². The van der Waals surface area contributed by atoms with Crippen LogP contribution in [0.3, 0.4) is 0 Å². The normalized spacial score (nSPS) is 10.5. The molecule has 6 nitrogen and oxygen atoms in total. The number of nitrogens with one attached hydrogen (secondary N) is 2. The van der Waals surface area contributed by atoms with E-state index in [2.05, 4.69) is 42.5 Å². The molecule has 0 aliphatic rings. The molecule has 0 aliphatic carbocycles. The minimum Gasteiger partial charge on any atom is -0.483 e. The maximum Gasteiger partial charge on any atom is 0.262 e. The molecule has 3 rings (SSSR count). The molecule has 33 heavy (non-hydrogen) atoms. The van der Waals surface area contributed by atoms with E-state index in [-0.39, 0.29) is 25.0 Å². The lowest BCUT2D eigenvalue weighted by molar-refractivity contribution is -0.118. The van der Waals surface area contributed by atoms with E-state index in [9.17, 15) is 9.59 Å². The van der Waals surface area contributed by atoms with E-state index in [1.165, 1.54) is 0 Å². The molecular formula is C23H18Br2Cl2N2O4. The molecule has 0 spiro atoms. The average molecular weight is 617 g/mol. The Morgan fingerprint density at radius 3 is 1.82 bits per heavy atom. The summed E-state index contributed by atoms with van der Waals surface area (Å²) < 4.78 is 12.4. The highest BCUT2D eigenvalue weighted by Crippen LogP contribution is 2.29. The number of aryl methyl sites for hydroxylation is 1. The van der Waals surface area contributed by atoms with Crippen molar-refractivity contribution in [3.8, 4) is 11.5 Å². The fourth-order valence-corrected chi connectivity index (χ4v) is 4.28. The highest BCUT2D eigenvalue weighted by molar-refractivity contribution is 9.10. The van der Waals surface area contributed by atoms with Crippen molar-refractivity contribution in [2.75, 3.05) is 23.8 Å². The lowest BCUT2D eigenvalue weighted by atomic mass is 10.1. The first-order valence-corrected chi connectivity index (χ1v) is 11.9. The first-order chi connectivity index (χ1) is 15.7. The number of ether oxygens (including phenoxy) is 2. The lowest BCUT2D eigenvalue weighted by Gasteiger charge is -2.13. The molecule has 0 aromatic heterocycles. The van der Waals surface area contributed by atoms with Gasteiger partial charge in [0.05, 0.1) is 8.95 Å². The SMILES string of the molecule is Cc1ccc(NC(=O)COc2ccc(Cl)cc2Br)cc1NC(=O)COc1ccc(Cl)cc1Br. The van der Waals surface area contributed by atoms with Crippen LogP contribution in [0, 0.1) is 6.92 Å². The summed E-state index contributed by atoms with van der Waals surface area (Å²) in [6, 6.07) is 15.2. The second kappa shape index (κ2) is 11.7. The van der Waals surface area contributed by atoms with Gasteiger partial charge in [-0.2, -0.15) is 0 Å². The van der Waals surface area contributed by atoms with Crippen molar-refractivity contribution in [3.05, 3.63) is 79.2 Å². The van der Waals surface area contributed by atoms with Gasteiger partial charge in [0.15, 0.2) is 13.2 Å². The number of rotatable bonds is 8. The number of amides is 2. The minimum absolute atomic E-state index is 0.194. The monoisotopic (exact) mass is 614 g/mol. The molecule has 0 saturated carbocycles. The molecule has 0 saturated heterocycles. The molecule has 0 fully saturated rings. The Morgan fingerprint density at radius 2 is 1.30 bits per heavy atom. The summed E-state index contributed by atoms with van der Waals surface area (Å²) in [5, 5.41) is 6.65. The van der Waals surface area contributed by atoms with Gasteiger partial charge >= 0.3 is 0 Å². The third-order valence-corrected chi connectivity index (χ3v) is 6.01. The largest absolute Gasteiger partial charge is 0.483 e. The van der Waals surface area contributed by atoms with Gasteiger partial charge in [-0.05, 0) is 92.9 Å². The van der Waals surface area contributed by atoms with Crippen LogP contribution in [0.1, 0.15) is 5.56 Å². The number of hydrogen-bond acceptors (Lipinski definition) is 4. The van der Waals surface area contributed by atoms with Gasteiger partial charge in [-0.25, -0.2) is 0 Å². The van der Waals surface area contributed by atoms with Crippen LogP contribution in [0.5, 0.6) is 11.5 Å². The van der Waals surface area contributed by atoms with Crippen LogP contribution in [-0.4, -0.2) is 25.0 Å². The molecule has 172 valence electrons. The number of hydrogen-bond donors (Lipinski definition) is 2. The van der Waals surface area contributed by atoms with E-state index in [0.717, 1.165) is 5.56 Å². The number of benzene rings is 3. The molecule has 0 atom stereocenters. The summed E-state index contributed by atoms with van der Waals surface area (Å²) in [4.78, 5) is 24.7. The Morgan fingerprint density at radius 1 is 0.788 bits per heavy atom. The zero-order chi connectivity index (χ0) is 24.0. The molecular weight excluding hydrogens is 599 g/mol. The van der Waals surface area contributed by atoms with E-state index in [0.29, 0.717) is 41.9 Å². The molecule has 0 heterocycles. The summed E-state index contributed by atoms with van der Waals surface area (Å²) in [6.45, 7) is 1.46. The number of halogens is 4. The van der Waals surface area contributed by atoms with Crippen molar-refractivity contribution in [1.82, 2.24) is 0 Å². The molecule has 0 radical (unpaired) electrons. The van der Waals surface area contributed by atoms with Gasteiger partial charge in [-0.3, -0.25) is 9.59 Å². The van der Waals surface area contributed by atoms with Gasteiger partial charge in [-0.15, -0.1) is 0 Å². The lowest BCUT2D eigenvalue weighted by Crippen LogP contribution is -2.22. The molecule has 2 amide bonds. The van der Waals surface area contributed by atoms with Gasteiger partial charge in [-0.1, -0.05) is 29.3 Å². The van der Waals surface area contributed by atoms with Gasteiger partial charge in [0, 0.05) is 21.4 Å². The van der Waals surface area contributed by atoms with E-state index in [1.54, 1.807) is 54.6 Å². The van der Waals surface area contributed by atoms with Gasteiger partial charge in [0.1, 0.15) is 11.5 Å². The fourth-order valence-electron chi connectivity index (χ4n) is 2.69. The fraction of sp³-hybridized carbons (Fsp3) is 0.130. The summed E-state index contributed by atoms with van der Waals surface area (Å²) in [7, 11) is 0. The average Bonchev–Trinajstić information content (AvgIpc) is 2.75. The van der Waals surface area contributed by atoms with Crippen LogP contribution in [0.4, 0.5) is 11.4 Å². The van der Waals surface area contributed by atoms with E-state index < -0.39 is 0 Å². The Bertz CT molecular complexity index is 1190. The van der Waals surface area contributed by atoms with Crippen LogP contribution in [0.15, 0.2) is 63.5 Å². The molecule has 0 unspecified atom stereocenters. The van der Waals surface area contributed by atoms with Crippen LogP contribution >= 0.6 is 55.1 Å². The standard InChI is InChI=1S/C23H18Br2Cl2N2O4/c1-13-2-5-16(28-22(30)11-32-20-6-3-14(26)8-17(20)24)10-19(13)29-23(31)12-33-21-7-4-15(27)9-18(21)25/h2-10H,11-12H2,1H3,(H,28,30)(H,29,31). The quantitative estimate of drug-likeness (QED) is 0.290. The van der Waals surface area contributed by atoms with Crippen LogP contribution < -0.4 is 20.1 Å². The predicted molar refractivity (Wildman–Crippen MR) is 138 cm³/mol. The second-order valence-electron chi connectivity index (χ2n) is 6.85. The Hall–Kier alpha value is -2.26. The summed E-state index contributed by atoms with van der Waals surface area (Å²) in [5.41, 5.74) is 1.90. The van der Waals surface area contributed by atoms with Crippen LogP contribution in [0.2, 0.25) is 10.0 Å². The summed E-state index contributed by atoms with van der Waals surface area (Å²) in [5.74, 6) is 0.298. The van der Waals surface area contributed by atoms with Crippen molar-refractivity contribution in [3.63, 3.8) is 0 Å². The van der Waals surface area contributed by atoms with Gasteiger partial charge in [0.2, 0.25) is 0 Å². The molecule has 2 N–H and O–H groups in total. The molecule has 3 aromatic carbocycles. The van der Waals surface area contributed by atoms with E-state index in [1.807, 2.05) is 6.92 Å². The minimum atomic E-state index is -0.353. The Balaban J connectivity index is 1.55. The molecule has 0 aliphatic heterocycles. The predicted octanol–water partition coefficient (Wildman–Crippen LogP) is 6.86. The van der Waals surface area contributed by atoms with E-state index in [4.69, 9.17) is 32.7 Å². The van der Waals surface area contributed by atoms with Crippen LogP contribution in [0.25, 0.3) is 0 Å². The third kappa shape index (κ3) is 7.64.